The normalized spacial score (nSPS) is 17.5. The summed E-state index contributed by atoms with van der Waals surface area (Å²) in [7, 11) is 1.82. The monoisotopic (exact) mass is 237 g/mol. The van der Waals surface area contributed by atoms with Gasteiger partial charge in [-0.05, 0) is 19.3 Å². The maximum Gasteiger partial charge on any atom is 0.221 e. The Morgan fingerprint density at radius 3 is 2.94 bits per heavy atom. The molecule has 1 aliphatic rings. The van der Waals surface area contributed by atoms with Crippen molar-refractivity contribution >= 4 is 5.91 Å². The predicted molar refractivity (Wildman–Crippen MR) is 63.1 cm³/mol. The lowest BCUT2D eigenvalue weighted by atomic mass is 9.75. The quantitative estimate of drug-likeness (QED) is 0.739. The Labute approximate surface area is 101 Å². The van der Waals surface area contributed by atoms with Crippen LogP contribution in [0.4, 0.5) is 0 Å². The molecule has 3 N–H and O–H groups in total. The molecule has 0 aromatic carbocycles. The average Bonchev–Trinajstić information content (AvgIpc) is 2.62. The fourth-order valence-corrected chi connectivity index (χ4v) is 2.00. The summed E-state index contributed by atoms with van der Waals surface area (Å²) in [6, 6.07) is 0. The summed E-state index contributed by atoms with van der Waals surface area (Å²) in [6.45, 7) is 0.568. The van der Waals surface area contributed by atoms with Crippen molar-refractivity contribution in [2.75, 3.05) is 6.54 Å². The van der Waals surface area contributed by atoms with Gasteiger partial charge in [0.15, 0.2) is 5.82 Å². The molecule has 6 heteroatoms. The Hall–Kier alpha value is -1.43. The highest BCUT2D eigenvalue weighted by atomic mass is 16.1. The Morgan fingerprint density at radius 1 is 1.65 bits per heavy atom. The first-order valence-corrected chi connectivity index (χ1v) is 5.97. The van der Waals surface area contributed by atoms with E-state index in [1.807, 2.05) is 7.05 Å². The molecule has 0 spiro atoms. The molecule has 1 amide bonds. The van der Waals surface area contributed by atoms with Crippen LogP contribution < -0.4 is 11.1 Å². The van der Waals surface area contributed by atoms with Gasteiger partial charge in [-0.2, -0.15) is 5.10 Å². The minimum atomic E-state index is -0.243. The molecule has 0 unspecified atom stereocenters. The molecule has 1 aliphatic carbocycles. The minimum absolute atomic E-state index is 0.0307. The topological polar surface area (TPSA) is 85.8 Å². The molecule has 2 rings (SSSR count). The van der Waals surface area contributed by atoms with Crippen molar-refractivity contribution in [2.45, 2.75) is 37.6 Å². The van der Waals surface area contributed by atoms with E-state index in [1.165, 1.54) is 0 Å². The molecule has 1 heterocycles. The van der Waals surface area contributed by atoms with Crippen LogP contribution in [0.2, 0.25) is 0 Å². The number of hydrogen-bond donors (Lipinski definition) is 2. The molecule has 0 atom stereocenters. The van der Waals surface area contributed by atoms with Crippen LogP contribution in [0.3, 0.4) is 0 Å². The summed E-state index contributed by atoms with van der Waals surface area (Å²) in [6.07, 6.45) is 5.80. The van der Waals surface area contributed by atoms with Gasteiger partial charge in [-0.3, -0.25) is 9.48 Å². The van der Waals surface area contributed by atoms with E-state index in [0.717, 1.165) is 25.1 Å². The molecule has 17 heavy (non-hydrogen) atoms. The molecule has 1 aromatic heterocycles. The van der Waals surface area contributed by atoms with E-state index in [2.05, 4.69) is 15.4 Å². The number of carbonyl (C=O) groups excluding carboxylic acids is 1. The van der Waals surface area contributed by atoms with Gasteiger partial charge in [0, 0.05) is 32.0 Å². The third-order valence-corrected chi connectivity index (χ3v) is 3.18. The molecular weight excluding hydrogens is 218 g/mol. The SMILES string of the molecule is Cn1cnc(CCNC(=O)CC2(N)CCC2)n1. The standard InChI is InChI=1S/C11H19N5O/c1-16-8-14-9(15-16)3-6-13-10(17)7-11(12)4-2-5-11/h8H,2-7,12H2,1H3,(H,13,17). The first-order chi connectivity index (χ1) is 8.07. The number of rotatable bonds is 5. The zero-order valence-electron chi connectivity index (χ0n) is 10.1. The van der Waals surface area contributed by atoms with Crippen molar-refractivity contribution in [1.82, 2.24) is 20.1 Å². The van der Waals surface area contributed by atoms with Gasteiger partial charge in [0.2, 0.25) is 5.91 Å². The van der Waals surface area contributed by atoms with E-state index in [9.17, 15) is 4.79 Å². The molecule has 0 saturated heterocycles. The smallest absolute Gasteiger partial charge is 0.221 e. The minimum Gasteiger partial charge on any atom is -0.356 e. The van der Waals surface area contributed by atoms with E-state index in [0.29, 0.717) is 19.4 Å². The molecule has 0 aliphatic heterocycles. The highest BCUT2D eigenvalue weighted by Gasteiger charge is 2.34. The number of aromatic nitrogens is 3. The molecular formula is C11H19N5O. The van der Waals surface area contributed by atoms with Crippen molar-refractivity contribution < 1.29 is 4.79 Å². The highest BCUT2D eigenvalue weighted by Crippen LogP contribution is 2.31. The Balaban J connectivity index is 1.66. The van der Waals surface area contributed by atoms with Crippen molar-refractivity contribution in [3.63, 3.8) is 0 Å². The lowest BCUT2D eigenvalue weighted by Gasteiger charge is -2.37. The van der Waals surface area contributed by atoms with E-state index in [1.54, 1.807) is 11.0 Å². The number of hydrogen-bond acceptors (Lipinski definition) is 4. The number of carbonyl (C=O) groups is 1. The van der Waals surface area contributed by atoms with Crippen LogP contribution >= 0.6 is 0 Å². The summed E-state index contributed by atoms with van der Waals surface area (Å²) < 4.78 is 1.65. The zero-order chi connectivity index (χ0) is 12.3. The largest absolute Gasteiger partial charge is 0.356 e. The van der Waals surface area contributed by atoms with Gasteiger partial charge in [0.05, 0.1) is 0 Å². The zero-order valence-corrected chi connectivity index (χ0v) is 10.1. The first kappa shape index (κ1) is 12.0. The van der Waals surface area contributed by atoms with Gasteiger partial charge in [0.1, 0.15) is 6.33 Å². The lowest BCUT2D eigenvalue weighted by Crippen LogP contribution is -2.50. The average molecular weight is 237 g/mol. The van der Waals surface area contributed by atoms with Gasteiger partial charge in [0.25, 0.3) is 0 Å². The molecule has 0 bridgehead atoms. The number of nitrogens with one attached hydrogen (secondary N) is 1. The van der Waals surface area contributed by atoms with Crippen molar-refractivity contribution in [1.29, 1.82) is 0 Å². The van der Waals surface area contributed by atoms with Crippen molar-refractivity contribution in [3.05, 3.63) is 12.2 Å². The first-order valence-electron chi connectivity index (χ1n) is 5.97. The maximum atomic E-state index is 11.6. The van der Waals surface area contributed by atoms with Crippen LogP contribution in [0.25, 0.3) is 0 Å². The van der Waals surface area contributed by atoms with Crippen LogP contribution in [0.1, 0.15) is 31.5 Å². The second kappa shape index (κ2) is 4.83. The second-order valence-electron chi connectivity index (χ2n) is 4.83. The summed E-state index contributed by atoms with van der Waals surface area (Å²) in [5, 5.41) is 7.00. The van der Waals surface area contributed by atoms with Gasteiger partial charge in [-0.15, -0.1) is 0 Å². The van der Waals surface area contributed by atoms with Crippen LogP contribution in [0.15, 0.2) is 6.33 Å². The lowest BCUT2D eigenvalue weighted by molar-refractivity contribution is -0.122. The van der Waals surface area contributed by atoms with Gasteiger partial charge in [-0.25, -0.2) is 4.98 Å². The summed E-state index contributed by atoms with van der Waals surface area (Å²) in [4.78, 5) is 15.7. The molecule has 94 valence electrons. The third-order valence-electron chi connectivity index (χ3n) is 3.18. The van der Waals surface area contributed by atoms with Gasteiger partial charge >= 0.3 is 0 Å². The number of nitrogens with zero attached hydrogens (tertiary/aromatic N) is 3. The summed E-state index contributed by atoms with van der Waals surface area (Å²) in [5.41, 5.74) is 5.76. The van der Waals surface area contributed by atoms with E-state index in [4.69, 9.17) is 5.73 Å². The Morgan fingerprint density at radius 2 is 2.41 bits per heavy atom. The summed E-state index contributed by atoms with van der Waals surface area (Å²) >= 11 is 0. The maximum absolute atomic E-state index is 11.6. The van der Waals surface area contributed by atoms with E-state index < -0.39 is 0 Å². The number of aryl methyl sites for hydroxylation is 1. The van der Waals surface area contributed by atoms with Crippen molar-refractivity contribution in [2.24, 2.45) is 12.8 Å². The number of amides is 1. The molecule has 1 aromatic rings. The molecule has 1 saturated carbocycles. The van der Waals surface area contributed by atoms with Gasteiger partial charge < -0.3 is 11.1 Å². The van der Waals surface area contributed by atoms with Crippen LogP contribution in [0, 0.1) is 0 Å². The number of nitrogens with two attached hydrogens (primary N) is 1. The third kappa shape index (κ3) is 3.26. The Kier molecular flexibility index (Phi) is 3.42. The van der Waals surface area contributed by atoms with Crippen molar-refractivity contribution in [3.8, 4) is 0 Å². The second-order valence-corrected chi connectivity index (χ2v) is 4.83. The fourth-order valence-electron chi connectivity index (χ4n) is 2.00. The molecule has 0 radical (unpaired) electrons. The van der Waals surface area contributed by atoms with Gasteiger partial charge in [-0.1, -0.05) is 0 Å². The van der Waals surface area contributed by atoms with E-state index in [-0.39, 0.29) is 11.4 Å². The van der Waals surface area contributed by atoms with E-state index >= 15 is 0 Å². The van der Waals surface area contributed by atoms with Crippen LogP contribution in [-0.4, -0.2) is 32.8 Å². The molecule has 1 fully saturated rings. The van der Waals surface area contributed by atoms with Crippen LogP contribution in [-0.2, 0) is 18.3 Å². The Bertz CT molecular complexity index is 396. The fraction of sp³-hybridized carbons (Fsp3) is 0.727. The highest BCUT2D eigenvalue weighted by molar-refractivity contribution is 5.77. The molecule has 6 nitrogen and oxygen atoms in total. The van der Waals surface area contributed by atoms with Crippen LogP contribution in [0.5, 0.6) is 0 Å². The predicted octanol–water partition coefficient (Wildman–Crippen LogP) is -0.255. The summed E-state index contributed by atoms with van der Waals surface area (Å²) in [5.74, 6) is 0.780.